The van der Waals surface area contributed by atoms with Crippen LogP contribution in [0.2, 0.25) is 5.02 Å². The highest BCUT2D eigenvalue weighted by Gasteiger charge is 2.19. The molecule has 0 atom stereocenters. The fourth-order valence-electron chi connectivity index (χ4n) is 3.03. The van der Waals surface area contributed by atoms with E-state index >= 15 is 0 Å². The van der Waals surface area contributed by atoms with Crippen LogP contribution in [0.15, 0.2) is 64.0 Å². The van der Waals surface area contributed by atoms with Gasteiger partial charge in [-0.15, -0.1) is 11.3 Å². The summed E-state index contributed by atoms with van der Waals surface area (Å²) in [5.41, 5.74) is 0.850. The molecular weight excluding hydrogens is 440 g/mol. The molecule has 2 aromatic heterocycles. The summed E-state index contributed by atoms with van der Waals surface area (Å²) in [7, 11) is 0. The highest BCUT2D eigenvalue weighted by molar-refractivity contribution is 7.23. The van der Waals surface area contributed by atoms with Gasteiger partial charge in [-0.3, -0.25) is 10.1 Å². The summed E-state index contributed by atoms with van der Waals surface area (Å²) in [5.74, 6) is 0.463. The largest absolute Gasteiger partial charge is 0.462 e. The van der Waals surface area contributed by atoms with Gasteiger partial charge in [0.05, 0.1) is 22.8 Å². The monoisotopic (exact) mass is 454 g/mol. The Morgan fingerprint density at radius 2 is 2.06 bits per heavy atom. The van der Waals surface area contributed by atoms with E-state index in [4.69, 9.17) is 20.8 Å². The maximum Gasteiger partial charge on any atom is 0.341 e. The first-order valence-electron chi connectivity index (χ1n) is 9.24. The van der Waals surface area contributed by atoms with Crippen LogP contribution >= 0.6 is 22.9 Å². The van der Waals surface area contributed by atoms with Crippen molar-refractivity contribution in [1.29, 1.82) is 0 Å². The number of aliphatic imine (C=N–C) groups is 1. The lowest BCUT2D eigenvalue weighted by Gasteiger charge is -2.01. The summed E-state index contributed by atoms with van der Waals surface area (Å²) in [5, 5.41) is 12.4. The summed E-state index contributed by atoms with van der Waals surface area (Å²) in [6.45, 7) is 2.02. The van der Waals surface area contributed by atoms with Crippen LogP contribution < -0.4 is 0 Å². The van der Waals surface area contributed by atoms with Crippen molar-refractivity contribution in [2.24, 2.45) is 4.99 Å². The predicted octanol–water partition coefficient (Wildman–Crippen LogP) is 6.65. The molecule has 31 heavy (non-hydrogen) atoms. The smallest absolute Gasteiger partial charge is 0.341 e. The van der Waals surface area contributed by atoms with Crippen molar-refractivity contribution < 1.29 is 18.9 Å². The van der Waals surface area contributed by atoms with Gasteiger partial charge in [-0.2, -0.15) is 0 Å². The molecule has 7 nitrogen and oxygen atoms in total. The fraction of sp³-hybridized carbons (Fsp3) is 0.0909. The average Bonchev–Trinajstić information content (AvgIpc) is 3.36. The van der Waals surface area contributed by atoms with Crippen LogP contribution in [0.3, 0.4) is 0 Å². The third-order valence-electron chi connectivity index (χ3n) is 4.42. The van der Waals surface area contributed by atoms with Crippen LogP contribution in [0, 0.1) is 10.1 Å². The minimum Gasteiger partial charge on any atom is -0.462 e. The molecule has 0 aliphatic carbocycles. The third-order valence-corrected chi connectivity index (χ3v) is 5.81. The summed E-state index contributed by atoms with van der Waals surface area (Å²) in [6.07, 6.45) is 1.51. The zero-order valence-corrected chi connectivity index (χ0v) is 17.8. The molecule has 0 saturated heterocycles. The number of non-ortho nitro benzene ring substituents is 1. The van der Waals surface area contributed by atoms with Gasteiger partial charge >= 0.3 is 5.97 Å². The van der Waals surface area contributed by atoms with E-state index in [-0.39, 0.29) is 17.3 Å². The predicted molar refractivity (Wildman–Crippen MR) is 121 cm³/mol. The molecule has 0 radical (unpaired) electrons. The van der Waals surface area contributed by atoms with Crippen LogP contribution in [0.5, 0.6) is 0 Å². The molecule has 4 rings (SSSR count). The fourth-order valence-corrected chi connectivity index (χ4v) is 4.33. The number of carbonyl (C=O) groups excluding carboxylic acids is 1. The number of hydrogen-bond acceptors (Lipinski definition) is 7. The van der Waals surface area contributed by atoms with Gasteiger partial charge in [-0.25, -0.2) is 9.79 Å². The number of rotatable bonds is 6. The Labute approximate surface area is 185 Å². The first-order chi connectivity index (χ1) is 15.0. The second-order valence-electron chi connectivity index (χ2n) is 6.38. The van der Waals surface area contributed by atoms with Gasteiger partial charge in [-0.05, 0) is 31.2 Å². The molecule has 0 bridgehead atoms. The maximum absolute atomic E-state index is 12.5. The molecule has 4 aromatic rings. The lowest BCUT2D eigenvalue weighted by Crippen LogP contribution is -2.03. The van der Waals surface area contributed by atoms with Gasteiger partial charge in [0.2, 0.25) is 0 Å². The number of benzene rings is 2. The molecule has 0 fully saturated rings. The van der Waals surface area contributed by atoms with E-state index in [1.54, 1.807) is 19.1 Å². The van der Waals surface area contributed by atoms with E-state index < -0.39 is 10.9 Å². The van der Waals surface area contributed by atoms with E-state index in [1.807, 2.05) is 24.3 Å². The number of fused-ring (bicyclic) bond motifs is 1. The Morgan fingerprint density at radius 1 is 1.26 bits per heavy atom. The van der Waals surface area contributed by atoms with E-state index in [1.165, 1.54) is 35.8 Å². The first kappa shape index (κ1) is 20.8. The van der Waals surface area contributed by atoms with E-state index in [2.05, 4.69) is 4.99 Å². The van der Waals surface area contributed by atoms with Crippen LogP contribution in [0.1, 0.15) is 23.0 Å². The molecule has 0 spiro atoms. The van der Waals surface area contributed by atoms with E-state index in [0.717, 1.165) is 10.1 Å². The summed E-state index contributed by atoms with van der Waals surface area (Å²) in [6, 6.07) is 15.1. The van der Waals surface area contributed by atoms with E-state index in [9.17, 15) is 14.9 Å². The van der Waals surface area contributed by atoms with Crippen LogP contribution in [-0.2, 0) is 4.74 Å². The standard InChI is InChI=1S/C22H15ClN2O5S/c1-2-29-22(26)20-16-5-3-4-6-19(16)31-21(20)24-12-14-8-10-18(30-14)15-9-7-13(25(27)28)11-17(15)23/h3-12H,2H2,1H3. The second kappa shape index (κ2) is 8.71. The van der Waals surface area contributed by atoms with Crippen molar-refractivity contribution in [3.05, 3.63) is 81.1 Å². The number of nitrogens with zero attached hydrogens (tertiary/aromatic N) is 2. The van der Waals surface area contributed by atoms with Gasteiger partial charge in [0.1, 0.15) is 22.1 Å². The van der Waals surface area contributed by atoms with Crippen molar-refractivity contribution in [2.45, 2.75) is 6.92 Å². The quantitative estimate of drug-likeness (QED) is 0.141. The van der Waals surface area contributed by atoms with E-state index in [0.29, 0.717) is 27.6 Å². The third kappa shape index (κ3) is 4.21. The molecule has 0 saturated carbocycles. The average molecular weight is 455 g/mol. The lowest BCUT2D eigenvalue weighted by atomic mass is 10.1. The Balaban J connectivity index is 1.66. The van der Waals surface area contributed by atoms with Crippen molar-refractivity contribution in [2.75, 3.05) is 6.61 Å². The zero-order chi connectivity index (χ0) is 22.0. The minimum absolute atomic E-state index is 0.0988. The number of nitro benzene ring substituents is 1. The Bertz CT molecular complexity index is 1320. The number of thiophene rings is 1. The number of ether oxygens (including phenoxy) is 1. The van der Waals surface area contributed by atoms with Gasteiger partial charge in [-0.1, -0.05) is 29.8 Å². The van der Waals surface area contributed by atoms with Gasteiger partial charge in [0, 0.05) is 27.8 Å². The number of furan rings is 1. The van der Waals surface area contributed by atoms with Gasteiger partial charge in [0.25, 0.3) is 5.69 Å². The molecule has 2 aromatic carbocycles. The highest BCUT2D eigenvalue weighted by atomic mass is 35.5. The minimum atomic E-state index is -0.512. The first-order valence-corrected chi connectivity index (χ1v) is 10.4. The molecule has 9 heteroatoms. The highest BCUT2D eigenvalue weighted by Crippen LogP contribution is 2.38. The normalized spacial score (nSPS) is 11.3. The van der Waals surface area contributed by atoms with Crippen LogP contribution in [0.25, 0.3) is 21.4 Å². The molecule has 2 heterocycles. The molecule has 0 N–H and O–H groups in total. The maximum atomic E-state index is 12.5. The molecule has 0 amide bonds. The van der Waals surface area contributed by atoms with Crippen LogP contribution in [-0.4, -0.2) is 23.7 Å². The molecule has 156 valence electrons. The number of halogens is 1. The molecule has 0 aliphatic rings. The number of hydrogen-bond donors (Lipinski definition) is 0. The SMILES string of the molecule is CCOC(=O)c1c(N=Cc2ccc(-c3ccc([N+](=O)[O-])cc3Cl)o2)sc2ccccc12. The van der Waals surface area contributed by atoms with Gasteiger partial charge < -0.3 is 9.15 Å². The Hall–Kier alpha value is -3.49. The summed E-state index contributed by atoms with van der Waals surface area (Å²) < 4.78 is 11.9. The lowest BCUT2D eigenvalue weighted by molar-refractivity contribution is -0.384. The molecule has 0 unspecified atom stereocenters. The zero-order valence-electron chi connectivity index (χ0n) is 16.2. The van der Waals surface area contributed by atoms with Crippen molar-refractivity contribution in [3.8, 4) is 11.3 Å². The second-order valence-corrected chi connectivity index (χ2v) is 7.82. The summed E-state index contributed by atoms with van der Waals surface area (Å²) in [4.78, 5) is 27.3. The number of esters is 1. The van der Waals surface area contributed by atoms with Crippen molar-refractivity contribution >= 4 is 55.9 Å². The number of nitro groups is 1. The Kier molecular flexibility index (Phi) is 5.83. The summed E-state index contributed by atoms with van der Waals surface area (Å²) >= 11 is 7.55. The topological polar surface area (TPSA) is 94.9 Å². The van der Waals surface area contributed by atoms with Gasteiger partial charge in [0.15, 0.2) is 0 Å². The van der Waals surface area contributed by atoms with Crippen LogP contribution in [0.4, 0.5) is 10.7 Å². The number of carbonyl (C=O) groups is 1. The molecule has 0 aliphatic heterocycles. The molecular formula is C22H15ClN2O5S. The Morgan fingerprint density at radius 3 is 2.81 bits per heavy atom. The van der Waals surface area contributed by atoms with Crippen molar-refractivity contribution in [3.63, 3.8) is 0 Å². The van der Waals surface area contributed by atoms with Crippen molar-refractivity contribution in [1.82, 2.24) is 0 Å².